The first-order chi connectivity index (χ1) is 18.8. The van der Waals surface area contributed by atoms with E-state index in [0.29, 0.717) is 44.2 Å². The van der Waals surface area contributed by atoms with Crippen molar-refractivity contribution in [1.82, 2.24) is 0 Å². The molecule has 0 bridgehead atoms. The van der Waals surface area contributed by atoms with Gasteiger partial charge in [-0.15, -0.1) is 0 Å². The highest BCUT2D eigenvalue weighted by Crippen LogP contribution is 2.54. The number of aromatic hydroxyl groups is 6. The molecule has 0 atom stereocenters. The minimum atomic E-state index is -0.409. The number of hydrogen-bond donors (Lipinski definition) is 6. The highest BCUT2D eigenvalue weighted by molar-refractivity contribution is 6.19. The van der Waals surface area contributed by atoms with Gasteiger partial charge in [-0.05, 0) is 47.6 Å². The van der Waals surface area contributed by atoms with Gasteiger partial charge in [0.05, 0.1) is 0 Å². The van der Waals surface area contributed by atoms with Gasteiger partial charge in [0, 0.05) is 56.6 Å². The molecule has 4 rings (SSSR count). The van der Waals surface area contributed by atoms with Gasteiger partial charge in [-0.1, -0.05) is 39.8 Å². The molecule has 0 aliphatic rings. The van der Waals surface area contributed by atoms with Crippen molar-refractivity contribution in [1.29, 1.82) is 0 Å². The quantitative estimate of drug-likeness (QED) is 0.103. The highest BCUT2D eigenvalue weighted by atomic mass is 27.1. The van der Waals surface area contributed by atoms with Gasteiger partial charge in [0.25, 0.3) is 0 Å². The molecule has 0 spiro atoms. The van der Waals surface area contributed by atoms with Crippen LogP contribution in [-0.4, -0.2) is 76.1 Å². The molecule has 0 saturated carbocycles. The van der Waals surface area contributed by atoms with Crippen molar-refractivity contribution < 1.29 is 30.6 Å². The molecule has 0 unspecified atom stereocenters. The van der Waals surface area contributed by atoms with Gasteiger partial charge in [0.1, 0.15) is 11.5 Å². The molecule has 10 heteroatoms. The molecule has 0 heterocycles. The van der Waals surface area contributed by atoms with Crippen LogP contribution in [0.25, 0.3) is 32.7 Å². The average Bonchev–Trinajstić information content (AvgIpc) is 2.86. The van der Waals surface area contributed by atoms with Crippen LogP contribution in [0.4, 0.5) is 0 Å². The summed E-state index contributed by atoms with van der Waals surface area (Å²) in [6.07, 6.45) is 2.67. The summed E-state index contributed by atoms with van der Waals surface area (Å²) in [5, 5.41) is 68.9. The van der Waals surface area contributed by atoms with Gasteiger partial charge >= 0.3 is 33.0 Å². The van der Waals surface area contributed by atoms with Crippen LogP contribution in [0.5, 0.6) is 34.5 Å². The van der Waals surface area contributed by atoms with E-state index < -0.39 is 11.5 Å². The third-order valence-electron chi connectivity index (χ3n) is 7.40. The molecule has 6 N–H and O–H groups in total. The molecular formula is C30H30Al2N2O6. The Bertz CT molecular complexity index is 1630. The number of fused-ring (bicyclic) bond motifs is 2. The van der Waals surface area contributed by atoms with E-state index >= 15 is 0 Å². The number of phenolic OH excluding ortho intramolecular Hbond substituents is 6. The van der Waals surface area contributed by atoms with E-state index in [1.165, 1.54) is 12.4 Å². The second-order valence-electron chi connectivity index (χ2n) is 10.6. The maximum atomic E-state index is 11.9. The molecule has 0 aliphatic carbocycles. The molecular weight excluding hydrogens is 538 g/mol. The minimum absolute atomic E-state index is 0.129. The molecule has 8 nitrogen and oxygen atoms in total. The van der Waals surface area contributed by atoms with E-state index in [4.69, 9.17) is 0 Å². The average molecular weight is 569 g/mol. The Balaban J connectivity index is 2.29. The standard InChI is InChI=1S/C30H30N2O6.2Al/c1-11(2)19-15-7-13(5)21(27(35)23(15)17(9-31)25(33)29(19)37)22-14(6)8-16-20(12(3)4)30(38)26(34)18(10-32)24(16)28(22)36;;/h7-12,33-38H,1-6H3;;/q-2;2*+1. The Kier molecular flexibility index (Phi) is 8.05. The second-order valence-corrected chi connectivity index (χ2v) is 11.2. The van der Waals surface area contributed by atoms with E-state index in [1.807, 2.05) is 27.7 Å². The Morgan fingerprint density at radius 1 is 0.575 bits per heavy atom. The lowest BCUT2D eigenvalue weighted by molar-refractivity contribution is 0.398. The van der Waals surface area contributed by atoms with Crippen LogP contribution in [0.15, 0.2) is 20.1 Å². The van der Waals surface area contributed by atoms with Crippen molar-refractivity contribution in [3.05, 3.63) is 45.5 Å². The lowest BCUT2D eigenvalue weighted by Crippen LogP contribution is -2.01. The summed E-state index contributed by atoms with van der Waals surface area (Å²) in [5.41, 5.74) is 3.05. The number of hydrogen-bond acceptors (Lipinski definition) is 8. The first-order valence-corrected chi connectivity index (χ1v) is 13.8. The summed E-state index contributed by atoms with van der Waals surface area (Å²) in [5.74, 6) is -2.17. The summed E-state index contributed by atoms with van der Waals surface area (Å²) < 4.78 is 7.89. The van der Waals surface area contributed by atoms with Crippen LogP contribution in [0.3, 0.4) is 0 Å². The van der Waals surface area contributed by atoms with Gasteiger partial charge in [-0.25, -0.2) is 0 Å². The molecule has 0 amide bonds. The summed E-state index contributed by atoms with van der Waals surface area (Å²) in [6.45, 7) is 11.1. The molecule has 4 aromatic carbocycles. The molecule has 0 saturated heterocycles. The van der Waals surface area contributed by atoms with Crippen LogP contribution in [0.1, 0.15) is 72.9 Å². The number of aryl methyl sites for hydroxylation is 2. The van der Waals surface area contributed by atoms with Crippen molar-refractivity contribution in [2.24, 2.45) is 7.95 Å². The zero-order valence-corrected chi connectivity index (χ0v) is 25.5. The fourth-order valence-electron chi connectivity index (χ4n) is 5.77. The largest absolute Gasteiger partial charge is 0.507 e. The van der Waals surface area contributed by atoms with Crippen molar-refractivity contribution in [2.75, 3.05) is 0 Å². The zero-order valence-electron chi connectivity index (χ0n) is 23.2. The fraction of sp³-hybridized carbons (Fsp3) is 0.267. The Hall–Kier alpha value is -3.40. The molecule has 4 aromatic rings. The van der Waals surface area contributed by atoms with Crippen LogP contribution >= 0.6 is 0 Å². The molecule has 40 heavy (non-hydrogen) atoms. The number of benzene rings is 4. The Labute approximate surface area is 249 Å². The number of rotatable bonds is 5. The number of phenols is 6. The SMILES string of the molecule is Cc1cc2c(C(C)C)c(O)c(O)c(C=[N][Al])c2c(O)c1-c1c(C)cc2c(C(C)C)c(O)c(O)c(C=[N][Al])c2c1O. The van der Waals surface area contributed by atoms with Gasteiger partial charge in [0.15, 0.2) is 23.0 Å². The van der Waals surface area contributed by atoms with E-state index in [2.05, 4.69) is 41.0 Å². The predicted octanol–water partition coefficient (Wildman–Crippen LogP) is 5.76. The lowest BCUT2D eigenvalue weighted by atomic mass is 9.83. The maximum absolute atomic E-state index is 11.9. The minimum Gasteiger partial charge on any atom is -0.507 e. The topological polar surface area (TPSA) is 146 Å². The second kappa shape index (κ2) is 10.9. The summed E-state index contributed by atoms with van der Waals surface area (Å²) in [6, 6.07) is 3.61. The van der Waals surface area contributed by atoms with Gasteiger partial charge in [-0.2, -0.15) is 0 Å². The monoisotopic (exact) mass is 568 g/mol. The summed E-state index contributed by atoms with van der Waals surface area (Å²) >= 11 is 4.34. The number of nitrogens with zero attached hydrogens (tertiary/aromatic N) is 2. The molecule has 0 aliphatic heterocycles. The van der Waals surface area contributed by atoms with Gasteiger partial charge in [0.2, 0.25) is 0 Å². The predicted molar refractivity (Wildman–Crippen MR) is 161 cm³/mol. The van der Waals surface area contributed by atoms with Gasteiger partial charge in [-0.3, -0.25) is 0 Å². The van der Waals surface area contributed by atoms with Crippen LogP contribution in [-0.2, 0) is 0 Å². The lowest BCUT2D eigenvalue weighted by Gasteiger charge is -2.23. The van der Waals surface area contributed by atoms with E-state index in [9.17, 15) is 30.6 Å². The van der Waals surface area contributed by atoms with Gasteiger partial charge < -0.3 is 38.6 Å². The van der Waals surface area contributed by atoms with Crippen molar-refractivity contribution in [2.45, 2.75) is 53.4 Å². The van der Waals surface area contributed by atoms with Crippen LogP contribution in [0, 0.1) is 13.8 Å². The third-order valence-corrected chi connectivity index (χ3v) is 7.69. The first-order valence-electron chi connectivity index (χ1n) is 12.7. The Morgan fingerprint density at radius 3 is 1.18 bits per heavy atom. The smallest absolute Gasteiger partial charge is 0.345 e. The normalized spacial score (nSPS) is 12.3. The summed E-state index contributed by atoms with van der Waals surface area (Å²) in [4.78, 5) is 0. The molecule has 202 valence electrons. The van der Waals surface area contributed by atoms with E-state index in [0.717, 1.165) is 0 Å². The zero-order chi connectivity index (χ0) is 29.8. The third kappa shape index (κ3) is 4.37. The van der Waals surface area contributed by atoms with Crippen molar-refractivity contribution >= 4 is 67.0 Å². The van der Waals surface area contributed by atoms with E-state index in [-0.39, 0.29) is 56.7 Å². The Morgan fingerprint density at radius 2 is 0.900 bits per heavy atom. The fourth-order valence-corrected chi connectivity index (χ4v) is 6.07. The van der Waals surface area contributed by atoms with Crippen LogP contribution < -0.4 is 0 Å². The molecule has 4 radical (unpaired) electrons. The van der Waals surface area contributed by atoms with Crippen LogP contribution in [0.2, 0.25) is 0 Å². The first kappa shape index (κ1) is 29.6. The van der Waals surface area contributed by atoms with E-state index in [1.54, 1.807) is 26.0 Å². The molecule has 0 fully saturated rings. The van der Waals surface area contributed by atoms with Crippen molar-refractivity contribution in [3.8, 4) is 45.6 Å². The highest BCUT2D eigenvalue weighted by Gasteiger charge is 2.29. The maximum Gasteiger partial charge on any atom is 0.345 e. The van der Waals surface area contributed by atoms with Crippen molar-refractivity contribution in [3.63, 3.8) is 0 Å². The summed E-state index contributed by atoms with van der Waals surface area (Å²) in [7, 11) is 0. The molecule has 0 aromatic heterocycles.